The van der Waals surface area contributed by atoms with Gasteiger partial charge in [0.15, 0.2) is 5.96 Å². The largest absolute Gasteiger partial charge is 0.469 e. The number of nitrogens with zero attached hydrogens (tertiary/aromatic N) is 2. The van der Waals surface area contributed by atoms with Crippen molar-refractivity contribution in [3.05, 3.63) is 39.7 Å². The third-order valence-electron chi connectivity index (χ3n) is 3.91. The Morgan fingerprint density at radius 3 is 2.76 bits per heavy atom. The highest BCUT2D eigenvalue weighted by molar-refractivity contribution is 14.0. The van der Waals surface area contributed by atoms with Crippen LogP contribution in [0.25, 0.3) is 0 Å². The fourth-order valence-electron chi connectivity index (χ4n) is 2.16. The molecule has 0 fully saturated rings. The van der Waals surface area contributed by atoms with Crippen molar-refractivity contribution in [3.8, 4) is 0 Å². The molecule has 5 nitrogen and oxygen atoms in total. The Balaban J connectivity index is 0.00000312. The molecular formula is C18H29IN4OS. The van der Waals surface area contributed by atoms with Gasteiger partial charge in [-0.2, -0.15) is 0 Å². The van der Waals surface area contributed by atoms with Gasteiger partial charge in [-0.3, -0.25) is 4.99 Å². The van der Waals surface area contributed by atoms with Gasteiger partial charge in [0, 0.05) is 36.9 Å². The monoisotopic (exact) mass is 476 g/mol. The smallest absolute Gasteiger partial charge is 0.191 e. The minimum atomic E-state index is 0. The van der Waals surface area contributed by atoms with Gasteiger partial charge >= 0.3 is 0 Å². The number of hydrogen-bond acceptors (Lipinski definition) is 4. The molecule has 0 saturated heterocycles. The van der Waals surface area contributed by atoms with E-state index in [1.54, 1.807) is 17.6 Å². The van der Waals surface area contributed by atoms with Crippen molar-refractivity contribution in [2.75, 3.05) is 13.1 Å². The molecule has 1 atom stereocenters. The Kier molecular flexibility index (Phi) is 10.1. The number of aliphatic imine (C=N–C) groups is 1. The third kappa shape index (κ3) is 7.77. The predicted octanol–water partition coefficient (Wildman–Crippen LogP) is 4.09. The lowest BCUT2D eigenvalue weighted by Crippen LogP contribution is -2.43. The zero-order valence-corrected chi connectivity index (χ0v) is 18.6. The molecule has 0 radical (unpaired) electrons. The lowest BCUT2D eigenvalue weighted by molar-refractivity contribution is 0.506. The highest BCUT2D eigenvalue weighted by Gasteiger charge is 2.06. The first kappa shape index (κ1) is 22.0. The van der Waals surface area contributed by atoms with Crippen molar-refractivity contribution >= 4 is 41.3 Å². The van der Waals surface area contributed by atoms with Crippen LogP contribution in [0.15, 0.2) is 27.8 Å². The van der Waals surface area contributed by atoms with Crippen LogP contribution >= 0.6 is 35.3 Å². The standard InChI is InChI=1S/C18H28N4OS.HI/c1-5-13(2)21-18(19-10-8-16-7-6-12-23-16)20-11-9-17-22-14(3)15(4)24-17;/h6-7,12-13H,5,8-11H2,1-4H3,(H2,19,20,21);1H. The summed E-state index contributed by atoms with van der Waals surface area (Å²) in [5.41, 5.74) is 1.13. The molecule has 0 spiro atoms. The molecule has 0 aromatic carbocycles. The summed E-state index contributed by atoms with van der Waals surface area (Å²) < 4.78 is 5.36. The summed E-state index contributed by atoms with van der Waals surface area (Å²) in [6.07, 6.45) is 4.49. The number of rotatable bonds is 8. The van der Waals surface area contributed by atoms with Crippen LogP contribution < -0.4 is 10.6 Å². The second-order valence-electron chi connectivity index (χ2n) is 5.94. The van der Waals surface area contributed by atoms with E-state index >= 15 is 0 Å². The summed E-state index contributed by atoms with van der Waals surface area (Å²) in [5.74, 6) is 1.85. The fraction of sp³-hybridized carbons (Fsp3) is 0.556. The Morgan fingerprint density at radius 1 is 1.36 bits per heavy atom. The van der Waals surface area contributed by atoms with Gasteiger partial charge in [-0.15, -0.1) is 35.3 Å². The summed E-state index contributed by atoms with van der Waals surface area (Å²) in [7, 11) is 0. The van der Waals surface area contributed by atoms with Crippen LogP contribution in [0.1, 0.15) is 41.6 Å². The Hall–Kier alpha value is -1.09. The van der Waals surface area contributed by atoms with E-state index < -0.39 is 0 Å². The fourth-order valence-corrected chi connectivity index (χ4v) is 3.08. The van der Waals surface area contributed by atoms with Crippen molar-refractivity contribution in [2.45, 2.75) is 53.0 Å². The molecular weight excluding hydrogens is 447 g/mol. The van der Waals surface area contributed by atoms with Gasteiger partial charge in [-0.25, -0.2) is 4.98 Å². The summed E-state index contributed by atoms with van der Waals surface area (Å²) in [6, 6.07) is 4.30. The number of nitrogens with one attached hydrogen (secondary N) is 2. The van der Waals surface area contributed by atoms with Crippen LogP contribution in [0, 0.1) is 13.8 Å². The molecule has 2 aromatic rings. The van der Waals surface area contributed by atoms with E-state index in [2.05, 4.69) is 43.3 Å². The van der Waals surface area contributed by atoms with Crippen LogP contribution in [0.4, 0.5) is 0 Å². The second-order valence-corrected chi connectivity index (χ2v) is 7.23. The van der Waals surface area contributed by atoms with E-state index in [9.17, 15) is 0 Å². The molecule has 2 N–H and O–H groups in total. The molecule has 1 unspecified atom stereocenters. The maximum Gasteiger partial charge on any atom is 0.191 e. The van der Waals surface area contributed by atoms with Gasteiger partial charge in [0.25, 0.3) is 0 Å². The van der Waals surface area contributed by atoms with Gasteiger partial charge in [0.1, 0.15) is 5.76 Å². The Labute approximate surface area is 171 Å². The van der Waals surface area contributed by atoms with E-state index in [1.807, 2.05) is 12.1 Å². The second kappa shape index (κ2) is 11.5. The quantitative estimate of drug-likeness (QED) is 0.342. The van der Waals surface area contributed by atoms with E-state index in [0.717, 1.165) is 54.8 Å². The minimum Gasteiger partial charge on any atom is -0.469 e. The lowest BCUT2D eigenvalue weighted by atomic mass is 10.3. The number of hydrogen-bond donors (Lipinski definition) is 2. The highest BCUT2D eigenvalue weighted by atomic mass is 127. The topological polar surface area (TPSA) is 62.5 Å². The molecule has 2 heterocycles. The molecule has 0 amide bonds. The number of furan rings is 1. The molecule has 0 bridgehead atoms. The van der Waals surface area contributed by atoms with Gasteiger partial charge in [-0.1, -0.05) is 6.92 Å². The minimum absolute atomic E-state index is 0. The normalized spacial score (nSPS) is 12.6. The summed E-state index contributed by atoms with van der Waals surface area (Å²) in [6.45, 7) is 10.0. The molecule has 7 heteroatoms. The summed E-state index contributed by atoms with van der Waals surface area (Å²) >= 11 is 1.77. The van der Waals surface area contributed by atoms with Gasteiger partial charge in [0.05, 0.1) is 17.0 Å². The van der Waals surface area contributed by atoms with Gasteiger partial charge < -0.3 is 15.1 Å². The van der Waals surface area contributed by atoms with Gasteiger partial charge in [0.2, 0.25) is 0 Å². The lowest BCUT2D eigenvalue weighted by Gasteiger charge is -2.16. The average Bonchev–Trinajstić information content (AvgIpc) is 3.17. The maximum atomic E-state index is 5.36. The van der Waals surface area contributed by atoms with Crippen molar-refractivity contribution in [2.24, 2.45) is 4.99 Å². The van der Waals surface area contributed by atoms with Crippen LogP contribution in [0.5, 0.6) is 0 Å². The molecule has 0 aliphatic rings. The van der Waals surface area contributed by atoms with Crippen molar-refractivity contribution in [1.29, 1.82) is 0 Å². The average molecular weight is 476 g/mol. The number of aromatic nitrogens is 1. The number of guanidine groups is 1. The zero-order valence-electron chi connectivity index (χ0n) is 15.5. The van der Waals surface area contributed by atoms with E-state index in [1.165, 1.54) is 4.88 Å². The molecule has 0 saturated carbocycles. The van der Waals surface area contributed by atoms with Crippen molar-refractivity contribution in [1.82, 2.24) is 15.6 Å². The summed E-state index contributed by atoms with van der Waals surface area (Å²) in [5, 5.41) is 7.99. The summed E-state index contributed by atoms with van der Waals surface area (Å²) in [4.78, 5) is 10.6. The Bertz CT molecular complexity index is 620. The van der Waals surface area contributed by atoms with Crippen molar-refractivity contribution < 1.29 is 4.42 Å². The number of halogens is 1. The zero-order chi connectivity index (χ0) is 17.4. The van der Waals surface area contributed by atoms with Crippen LogP contribution in [0.2, 0.25) is 0 Å². The molecule has 2 rings (SSSR count). The predicted molar refractivity (Wildman–Crippen MR) is 116 cm³/mol. The molecule has 0 aliphatic carbocycles. The Morgan fingerprint density at radius 2 is 2.16 bits per heavy atom. The van der Waals surface area contributed by atoms with E-state index in [-0.39, 0.29) is 24.0 Å². The third-order valence-corrected chi connectivity index (χ3v) is 5.04. The SMILES string of the molecule is CCC(C)NC(=NCCc1nc(C)c(C)s1)NCCc1ccco1.I. The van der Waals surface area contributed by atoms with Crippen LogP contribution in [-0.4, -0.2) is 30.1 Å². The molecule has 140 valence electrons. The van der Waals surface area contributed by atoms with Crippen LogP contribution in [-0.2, 0) is 12.8 Å². The molecule has 25 heavy (non-hydrogen) atoms. The number of thiazole rings is 1. The first-order valence-corrected chi connectivity index (χ1v) is 9.40. The van der Waals surface area contributed by atoms with Gasteiger partial charge in [-0.05, 0) is 39.3 Å². The van der Waals surface area contributed by atoms with E-state index in [0.29, 0.717) is 6.04 Å². The number of aryl methyl sites for hydroxylation is 2. The first-order chi connectivity index (χ1) is 11.6. The van der Waals surface area contributed by atoms with Crippen molar-refractivity contribution in [3.63, 3.8) is 0 Å². The molecule has 2 aromatic heterocycles. The van der Waals surface area contributed by atoms with E-state index in [4.69, 9.17) is 9.41 Å². The maximum absolute atomic E-state index is 5.36. The van der Waals surface area contributed by atoms with Crippen LogP contribution in [0.3, 0.4) is 0 Å². The first-order valence-electron chi connectivity index (χ1n) is 8.58. The highest BCUT2D eigenvalue weighted by Crippen LogP contribution is 2.16. The molecule has 0 aliphatic heterocycles.